The minimum atomic E-state index is -0.421. The Kier molecular flexibility index (Phi) is 2.71. The van der Waals surface area contributed by atoms with Gasteiger partial charge in [0, 0.05) is 6.42 Å². The van der Waals surface area contributed by atoms with E-state index in [2.05, 4.69) is 12.1 Å². The highest BCUT2D eigenvalue weighted by molar-refractivity contribution is 5.97. The summed E-state index contributed by atoms with van der Waals surface area (Å²) in [6, 6.07) is 14.3. The molecule has 0 heterocycles. The molecule has 1 unspecified atom stereocenters. The maximum absolute atomic E-state index is 13.5. The first-order chi connectivity index (χ1) is 8.75. The van der Waals surface area contributed by atoms with Crippen LogP contribution in [0.4, 0.5) is 4.39 Å². The molecule has 0 aromatic heterocycles. The fourth-order valence-corrected chi connectivity index (χ4v) is 2.57. The summed E-state index contributed by atoms with van der Waals surface area (Å²) in [6.07, 6.45) is 1.33. The van der Waals surface area contributed by atoms with E-state index in [0.717, 1.165) is 6.42 Å². The van der Waals surface area contributed by atoms with Crippen LogP contribution in [0.15, 0.2) is 48.5 Å². The van der Waals surface area contributed by atoms with Gasteiger partial charge in [-0.2, -0.15) is 0 Å². The van der Waals surface area contributed by atoms with E-state index in [1.54, 1.807) is 18.2 Å². The van der Waals surface area contributed by atoms with Crippen molar-refractivity contribution in [3.05, 3.63) is 71.0 Å². The first-order valence-electron chi connectivity index (χ1n) is 6.11. The molecule has 0 amide bonds. The highest BCUT2D eigenvalue weighted by Crippen LogP contribution is 2.37. The average Bonchev–Trinajstić information content (AvgIpc) is 2.36. The second-order valence-electron chi connectivity index (χ2n) is 4.71. The third-order valence-electron chi connectivity index (χ3n) is 3.57. The van der Waals surface area contributed by atoms with Crippen LogP contribution < -0.4 is 0 Å². The van der Waals surface area contributed by atoms with Gasteiger partial charge in [0.05, 0.1) is 5.56 Å². The van der Waals surface area contributed by atoms with E-state index >= 15 is 0 Å². The van der Waals surface area contributed by atoms with Crippen molar-refractivity contribution in [2.24, 2.45) is 0 Å². The van der Waals surface area contributed by atoms with Crippen LogP contribution in [0.2, 0.25) is 0 Å². The molecule has 2 aromatic carbocycles. The Labute approximate surface area is 105 Å². The SMILES string of the molecule is O=C(CC1Cc2ccccc21)c1ccccc1F. The van der Waals surface area contributed by atoms with Gasteiger partial charge in [0.25, 0.3) is 0 Å². The van der Waals surface area contributed by atoms with E-state index in [0.29, 0.717) is 6.42 Å². The molecule has 2 heteroatoms. The predicted octanol–water partition coefficient (Wildman–Crippen LogP) is 3.74. The van der Waals surface area contributed by atoms with Crippen LogP contribution in [0.3, 0.4) is 0 Å². The van der Waals surface area contributed by atoms with Gasteiger partial charge in [-0.15, -0.1) is 0 Å². The van der Waals surface area contributed by atoms with Crippen LogP contribution in [0.25, 0.3) is 0 Å². The van der Waals surface area contributed by atoms with Crippen molar-refractivity contribution in [3.63, 3.8) is 0 Å². The number of carbonyl (C=O) groups excluding carboxylic acids is 1. The highest BCUT2D eigenvalue weighted by Gasteiger charge is 2.28. The van der Waals surface area contributed by atoms with Crippen molar-refractivity contribution in [2.75, 3.05) is 0 Å². The third kappa shape index (κ3) is 1.84. The first kappa shape index (κ1) is 11.1. The summed E-state index contributed by atoms with van der Waals surface area (Å²) in [5.41, 5.74) is 2.76. The van der Waals surface area contributed by atoms with Crippen molar-refractivity contribution in [1.29, 1.82) is 0 Å². The summed E-state index contributed by atoms with van der Waals surface area (Å²) >= 11 is 0. The van der Waals surface area contributed by atoms with Crippen LogP contribution in [0.5, 0.6) is 0 Å². The Hall–Kier alpha value is -1.96. The van der Waals surface area contributed by atoms with Crippen molar-refractivity contribution < 1.29 is 9.18 Å². The quantitative estimate of drug-likeness (QED) is 0.747. The van der Waals surface area contributed by atoms with Gasteiger partial charge in [0.1, 0.15) is 5.82 Å². The number of benzene rings is 2. The van der Waals surface area contributed by atoms with E-state index in [1.807, 2.05) is 12.1 Å². The molecule has 3 rings (SSSR count). The molecular weight excluding hydrogens is 227 g/mol. The average molecular weight is 240 g/mol. The molecule has 2 aromatic rings. The minimum Gasteiger partial charge on any atom is -0.294 e. The van der Waals surface area contributed by atoms with Crippen molar-refractivity contribution in [3.8, 4) is 0 Å². The van der Waals surface area contributed by atoms with Crippen LogP contribution in [-0.4, -0.2) is 5.78 Å². The largest absolute Gasteiger partial charge is 0.294 e. The summed E-state index contributed by atoms with van der Waals surface area (Å²) in [7, 11) is 0. The number of hydrogen-bond donors (Lipinski definition) is 0. The first-order valence-corrected chi connectivity index (χ1v) is 6.11. The number of halogens is 1. The number of ketones is 1. The summed E-state index contributed by atoms with van der Waals surface area (Å²) in [6.45, 7) is 0. The van der Waals surface area contributed by atoms with Crippen molar-refractivity contribution in [2.45, 2.75) is 18.8 Å². The predicted molar refractivity (Wildman–Crippen MR) is 68.2 cm³/mol. The molecule has 18 heavy (non-hydrogen) atoms. The Morgan fingerprint density at radius 1 is 1.11 bits per heavy atom. The molecule has 1 aliphatic carbocycles. The van der Waals surface area contributed by atoms with Crippen LogP contribution in [0.1, 0.15) is 33.8 Å². The topological polar surface area (TPSA) is 17.1 Å². The van der Waals surface area contributed by atoms with Gasteiger partial charge in [-0.1, -0.05) is 36.4 Å². The summed E-state index contributed by atoms with van der Waals surface area (Å²) in [5, 5.41) is 0. The Bertz CT molecular complexity index is 604. The Morgan fingerprint density at radius 2 is 1.83 bits per heavy atom. The lowest BCUT2D eigenvalue weighted by Gasteiger charge is -2.29. The van der Waals surface area contributed by atoms with Crippen LogP contribution in [-0.2, 0) is 6.42 Å². The maximum atomic E-state index is 13.5. The van der Waals surface area contributed by atoms with Crippen LogP contribution >= 0.6 is 0 Å². The Balaban J connectivity index is 1.76. The molecular formula is C16H13FO. The number of rotatable bonds is 3. The minimum absolute atomic E-state index is 0.104. The van der Waals surface area contributed by atoms with Gasteiger partial charge >= 0.3 is 0 Å². The zero-order valence-corrected chi connectivity index (χ0v) is 9.90. The molecule has 1 nitrogen and oxygen atoms in total. The lowest BCUT2D eigenvalue weighted by Crippen LogP contribution is -2.20. The maximum Gasteiger partial charge on any atom is 0.166 e. The molecule has 0 spiro atoms. The molecule has 0 radical (unpaired) electrons. The van der Waals surface area contributed by atoms with Crippen molar-refractivity contribution >= 4 is 5.78 Å². The fraction of sp³-hybridized carbons (Fsp3) is 0.188. The fourth-order valence-electron chi connectivity index (χ4n) is 2.57. The molecule has 0 fully saturated rings. The van der Waals surface area contributed by atoms with E-state index in [4.69, 9.17) is 0 Å². The third-order valence-corrected chi connectivity index (χ3v) is 3.57. The van der Waals surface area contributed by atoms with Crippen LogP contribution in [0, 0.1) is 5.82 Å². The van der Waals surface area contributed by atoms with Crippen molar-refractivity contribution in [1.82, 2.24) is 0 Å². The molecule has 0 aliphatic heterocycles. The van der Waals surface area contributed by atoms with Gasteiger partial charge in [-0.3, -0.25) is 4.79 Å². The second-order valence-corrected chi connectivity index (χ2v) is 4.71. The van der Waals surface area contributed by atoms with Gasteiger partial charge in [0.15, 0.2) is 5.78 Å². The molecule has 1 atom stereocenters. The highest BCUT2D eigenvalue weighted by atomic mass is 19.1. The van der Waals surface area contributed by atoms with Gasteiger partial charge in [-0.05, 0) is 35.6 Å². The second kappa shape index (κ2) is 4.37. The lowest BCUT2D eigenvalue weighted by molar-refractivity contribution is 0.0966. The van der Waals surface area contributed by atoms with E-state index < -0.39 is 5.82 Å². The van der Waals surface area contributed by atoms with Gasteiger partial charge in [-0.25, -0.2) is 4.39 Å². The monoisotopic (exact) mass is 240 g/mol. The zero-order chi connectivity index (χ0) is 12.5. The molecule has 1 aliphatic rings. The summed E-state index contributed by atoms with van der Waals surface area (Å²) in [5.74, 6) is -0.268. The molecule has 0 saturated carbocycles. The normalized spacial score (nSPS) is 16.8. The lowest BCUT2D eigenvalue weighted by atomic mass is 9.74. The van der Waals surface area contributed by atoms with E-state index in [9.17, 15) is 9.18 Å². The number of hydrogen-bond acceptors (Lipinski definition) is 1. The Morgan fingerprint density at radius 3 is 2.61 bits per heavy atom. The van der Waals surface area contributed by atoms with Gasteiger partial charge in [0.2, 0.25) is 0 Å². The molecule has 90 valence electrons. The molecule has 0 N–H and O–H groups in total. The summed E-state index contributed by atoms with van der Waals surface area (Å²) < 4.78 is 13.5. The number of Topliss-reactive ketones (excluding diaryl/α,β-unsaturated/α-hetero) is 1. The summed E-state index contributed by atoms with van der Waals surface area (Å²) in [4.78, 5) is 12.0. The molecule has 0 saturated heterocycles. The zero-order valence-electron chi connectivity index (χ0n) is 9.90. The van der Waals surface area contributed by atoms with E-state index in [1.165, 1.54) is 17.2 Å². The standard InChI is InChI=1S/C16H13FO/c17-15-8-4-3-7-14(15)16(18)10-12-9-11-5-1-2-6-13(11)12/h1-8,12H,9-10H2. The number of carbonyl (C=O) groups is 1. The number of fused-ring (bicyclic) bond motifs is 1. The smallest absolute Gasteiger partial charge is 0.166 e. The molecule has 0 bridgehead atoms. The van der Waals surface area contributed by atoms with E-state index in [-0.39, 0.29) is 17.3 Å². The van der Waals surface area contributed by atoms with Gasteiger partial charge < -0.3 is 0 Å².